The lowest BCUT2D eigenvalue weighted by Gasteiger charge is -2.24. The fraction of sp³-hybridized carbons (Fsp3) is 0.292. The predicted molar refractivity (Wildman–Crippen MR) is 128 cm³/mol. The maximum atomic E-state index is 12.9. The molecule has 1 unspecified atom stereocenters. The Labute approximate surface area is 192 Å². The average Bonchev–Trinajstić information content (AvgIpc) is 2.98. The van der Waals surface area contributed by atoms with Crippen molar-refractivity contribution >= 4 is 46.3 Å². The number of carboxylic acids is 1. The second-order valence-corrected chi connectivity index (χ2v) is 9.56. The lowest BCUT2D eigenvalue weighted by Crippen LogP contribution is -2.44. The van der Waals surface area contributed by atoms with E-state index in [-0.39, 0.29) is 16.1 Å². The lowest BCUT2D eigenvalue weighted by atomic mass is 10.0. The minimum Gasteiger partial charge on any atom is -0.489 e. The van der Waals surface area contributed by atoms with Gasteiger partial charge in [-0.1, -0.05) is 79.8 Å². The van der Waals surface area contributed by atoms with E-state index in [9.17, 15) is 14.7 Å². The summed E-state index contributed by atoms with van der Waals surface area (Å²) in [6.07, 6.45) is 2.07. The van der Waals surface area contributed by atoms with Crippen molar-refractivity contribution in [2.75, 3.05) is 0 Å². The van der Waals surface area contributed by atoms with Crippen LogP contribution in [0.15, 0.2) is 53.4 Å². The highest BCUT2D eigenvalue weighted by Gasteiger charge is 2.40. The van der Waals surface area contributed by atoms with Gasteiger partial charge in [0.05, 0.1) is 4.91 Å². The third-order valence-corrected chi connectivity index (χ3v) is 6.13. The molecule has 1 heterocycles. The molecule has 0 saturated carbocycles. The first-order valence-electron chi connectivity index (χ1n) is 10.0. The maximum Gasteiger partial charge on any atom is 0.326 e. The van der Waals surface area contributed by atoms with Gasteiger partial charge in [-0.25, -0.2) is 4.79 Å². The molecule has 0 bridgehead atoms. The van der Waals surface area contributed by atoms with E-state index in [2.05, 4.69) is 0 Å². The number of hydrogen-bond donors (Lipinski definition) is 1. The van der Waals surface area contributed by atoms with Crippen LogP contribution in [-0.2, 0) is 16.2 Å². The molecule has 7 heteroatoms. The van der Waals surface area contributed by atoms with Gasteiger partial charge in [0.1, 0.15) is 22.7 Å². The number of rotatable bonds is 8. The molecule has 2 aromatic carbocycles. The fourth-order valence-corrected chi connectivity index (χ4v) is 4.56. The number of aryl methyl sites for hydroxylation is 1. The van der Waals surface area contributed by atoms with Gasteiger partial charge in [-0.2, -0.15) is 0 Å². The summed E-state index contributed by atoms with van der Waals surface area (Å²) in [6.45, 7) is 6.33. The summed E-state index contributed by atoms with van der Waals surface area (Å²) in [6, 6.07) is 14.6. The number of benzene rings is 2. The number of ether oxygens (including phenoxy) is 1. The minimum atomic E-state index is -1.04. The summed E-state index contributed by atoms with van der Waals surface area (Å²) < 4.78 is 6.16. The predicted octanol–water partition coefficient (Wildman–Crippen LogP) is 5.27. The van der Waals surface area contributed by atoms with Gasteiger partial charge in [-0.15, -0.1) is 0 Å². The Hall–Kier alpha value is -2.64. The quantitative estimate of drug-likeness (QED) is 0.432. The van der Waals surface area contributed by atoms with Crippen LogP contribution >= 0.6 is 24.0 Å². The molecule has 31 heavy (non-hydrogen) atoms. The van der Waals surface area contributed by atoms with Crippen molar-refractivity contribution in [3.63, 3.8) is 0 Å². The van der Waals surface area contributed by atoms with Crippen LogP contribution in [0, 0.1) is 12.8 Å². The van der Waals surface area contributed by atoms with E-state index >= 15 is 0 Å². The molecule has 5 nitrogen and oxygen atoms in total. The van der Waals surface area contributed by atoms with E-state index in [4.69, 9.17) is 17.0 Å². The summed E-state index contributed by atoms with van der Waals surface area (Å²) in [4.78, 5) is 26.3. The summed E-state index contributed by atoms with van der Waals surface area (Å²) >= 11 is 6.46. The van der Waals surface area contributed by atoms with Crippen molar-refractivity contribution in [3.8, 4) is 5.75 Å². The highest BCUT2D eigenvalue weighted by atomic mass is 32.2. The Bertz CT molecular complexity index is 1010. The van der Waals surface area contributed by atoms with Crippen LogP contribution in [0.25, 0.3) is 6.08 Å². The first-order valence-corrected chi connectivity index (χ1v) is 11.3. The molecule has 1 fully saturated rings. The van der Waals surface area contributed by atoms with Crippen molar-refractivity contribution < 1.29 is 19.4 Å². The molecular formula is C24H25NO4S2. The van der Waals surface area contributed by atoms with E-state index in [1.807, 2.05) is 69.3 Å². The van der Waals surface area contributed by atoms with Crippen LogP contribution in [0.5, 0.6) is 5.75 Å². The highest BCUT2D eigenvalue weighted by molar-refractivity contribution is 8.26. The molecule has 1 N–H and O–H groups in total. The van der Waals surface area contributed by atoms with Gasteiger partial charge in [-0.05, 0) is 48.6 Å². The van der Waals surface area contributed by atoms with Crippen LogP contribution in [0.3, 0.4) is 0 Å². The van der Waals surface area contributed by atoms with Gasteiger partial charge in [-0.3, -0.25) is 9.69 Å². The lowest BCUT2D eigenvalue weighted by molar-refractivity contribution is -0.145. The first-order chi connectivity index (χ1) is 14.7. The molecular weight excluding hydrogens is 430 g/mol. The van der Waals surface area contributed by atoms with Gasteiger partial charge >= 0.3 is 5.97 Å². The maximum absolute atomic E-state index is 12.9. The number of carbonyl (C=O) groups is 2. The summed E-state index contributed by atoms with van der Waals surface area (Å²) in [5.74, 6) is -0.600. The van der Waals surface area contributed by atoms with Crippen molar-refractivity contribution in [1.29, 1.82) is 0 Å². The molecule has 1 aliphatic rings. The number of hydrogen-bond acceptors (Lipinski definition) is 5. The van der Waals surface area contributed by atoms with Gasteiger partial charge in [0.2, 0.25) is 0 Å². The number of aliphatic carboxylic acids is 1. The standard InChI is InChI=1S/C24H25NO4S2/c1-15(2)11-20(23(27)28)25-22(26)21(31-24(25)30)13-18-5-4-6-19(12-18)29-14-17-9-7-16(3)8-10-17/h4-10,12-13,15,20H,11,14H2,1-3H3,(H,27,28)/b21-13-. The van der Waals surface area contributed by atoms with Crippen molar-refractivity contribution in [2.45, 2.75) is 39.8 Å². The number of thiocarbonyl (C=S) groups is 1. The molecule has 1 amide bonds. The average molecular weight is 456 g/mol. The normalized spacial score (nSPS) is 16.3. The van der Waals surface area contributed by atoms with Crippen LogP contribution in [0.4, 0.5) is 0 Å². The largest absolute Gasteiger partial charge is 0.489 e. The zero-order chi connectivity index (χ0) is 22.5. The smallest absolute Gasteiger partial charge is 0.326 e. The summed E-state index contributed by atoms with van der Waals surface area (Å²) in [5.41, 5.74) is 3.06. The van der Waals surface area contributed by atoms with Crippen molar-refractivity contribution in [3.05, 3.63) is 70.1 Å². The van der Waals surface area contributed by atoms with E-state index in [1.54, 1.807) is 6.08 Å². The monoisotopic (exact) mass is 455 g/mol. The third-order valence-electron chi connectivity index (χ3n) is 4.80. The van der Waals surface area contributed by atoms with Gasteiger partial charge in [0, 0.05) is 0 Å². The second kappa shape index (κ2) is 10.1. The minimum absolute atomic E-state index is 0.122. The Kier molecular flexibility index (Phi) is 7.51. The molecule has 1 atom stereocenters. The van der Waals surface area contributed by atoms with Gasteiger partial charge in [0.25, 0.3) is 5.91 Å². The first kappa shape index (κ1) is 23.0. The fourth-order valence-electron chi connectivity index (χ4n) is 3.21. The Balaban J connectivity index is 1.74. The van der Waals surface area contributed by atoms with E-state index < -0.39 is 12.0 Å². The van der Waals surface area contributed by atoms with Crippen LogP contribution in [0.2, 0.25) is 0 Å². The number of amides is 1. The zero-order valence-electron chi connectivity index (χ0n) is 17.7. The Morgan fingerprint density at radius 2 is 1.94 bits per heavy atom. The molecule has 0 aromatic heterocycles. The van der Waals surface area contributed by atoms with Crippen molar-refractivity contribution in [2.24, 2.45) is 5.92 Å². The van der Waals surface area contributed by atoms with Crippen LogP contribution < -0.4 is 4.74 Å². The van der Waals surface area contributed by atoms with Gasteiger partial charge in [0.15, 0.2) is 0 Å². The summed E-state index contributed by atoms with van der Waals surface area (Å²) in [7, 11) is 0. The molecule has 0 spiro atoms. The number of thioether (sulfide) groups is 1. The van der Waals surface area contributed by atoms with Gasteiger partial charge < -0.3 is 9.84 Å². The molecule has 1 aliphatic heterocycles. The third kappa shape index (κ3) is 5.95. The highest BCUT2D eigenvalue weighted by Crippen LogP contribution is 2.35. The van der Waals surface area contributed by atoms with E-state index in [0.29, 0.717) is 23.7 Å². The molecule has 0 radical (unpaired) electrons. The van der Waals surface area contributed by atoms with Crippen LogP contribution in [-0.4, -0.2) is 32.2 Å². The Morgan fingerprint density at radius 1 is 1.23 bits per heavy atom. The molecule has 3 rings (SSSR count). The molecule has 1 saturated heterocycles. The Morgan fingerprint density at radius 3 is 2.58 bits per heavy atom. The molecule has 0 aliphatic carbocycles. The SMILES string of the molecule is Cc1ccc(COc2cccc(/C=C3\SC(=S)N(C(CC(C)C)C(=O)O)C3=O)c2)cc1. The number of carboxylic acid groups (broad SMARTS) is 1. The summed E-state index contributed by atoms with van der Waals surface area (Å²) in [5, 5.41) is 9.60. The van der Waals surface area contributed by atoms with E-state index in [1.165, 1.54) is 10.5 Å². The molecule has 162 valence electrons. The topological polar surface area (TPSA) is 66.8 Å². The number of carbonyl (C=O) groups excluding carboxylic acids is 1. The second-order valence-electron chi connectivity index (χ2n) is 7.88. The molecule has 2 aromatic rings. The van der Waals surface area contributed by atoms with Crippen molar-refractivity contribution in [1.82, 2.24) is 4.90 Å². The van der Waals surface area contributed by atoms with E-state index in [0.717, 1.165) is 22.9 Å². The van der Waals surface area contributed by atoms with Crippen LogP contribution in [0.1, 0.15) is 37.0 Å². The zero-order valence-corrected chi connectivity index (χ0v) is 19.3. The number of nitrogens with zero attached hydrogens (tertiary/aromatic N) is 1.